The van der Waals surface area contributed by atoms with Gasteiger partial charge in [-0.3, -0.25) is 4.79 Å². The molecule has 0 unspecified atom stereocenters. The van der Waals surface area contributed by atoms with Gasteiger partial charge in [0, 0.05) is 25.9 Å². The fourth-order valence-electron chi connectivity index (χ4n) is 2.46. The molecule has 1 heterocycles. The first kappa shape index (κ1) is 16.6. The molecule has 0 radical (unpaired) electrons. The number of carbonyl (C=O) groups is 1. The van der Waals surface area contributed by atoms with E-state index in [2.05, 4.69) is 12.2 Å². The molecule has 1 saturated heterocycles. The molecular weight excluding hydrogens is 280 g/mol. The zero-order valence-corrected chi connectivity index (χ0v) is 13.5. The number of benzene rings is 1. The van der Waals surface area contributed by atoms with Crippen LogP contribution < -0.4 is 10.1 Å². The molecular formula is C17H26N2O3. The van der Waals surface area contributed by atoms with E-state index in [0.29, 0.717) is 19.8 Å². The van der Waals surface area contributed by atoms with E-state index in [-0.39, 0.29) is 5.91 Å². The molecule has 0 aromatic heterocycles. The van der Waals surface area contributed by atoms with Crippen molar-refractivity contribution in [2.75, 3.05) is 45.3 Å². The third kappa shape index (κ3) is 5.22. The Morgan fingerprint density at radius 3 is 2.55 bits per heavy atom. The van der Waals surface area contributed by atoms with Crippen LogP contribution in [0, 0.1) is 5.92 Å². The number of likely N-dealkylation sites (tertiary alicyclic amines) is 1. The standard InChI is InChI=1S/C17H26N2O3/c1-14-7-9-19(10-8-14)17(20)13-18-15-3-5-16(6-4-15)22-12-11-21-2/h3-6,14,18H,7-13H2,1-2H3. The lowest BCUT2D eigenvalue weighted by atomic mass is 9.99. The van der Waals surface area contributed by atoms with E-state index < -0.39 is 0 Å². The molecule has 5 heteroatoms. The zero-order valence-electron chi connectivity index (χ0n) is 13.5. The van der Waals surface area contributed by atoms with Crippen molar-refractivity contribution in [1.29, 1.82) is 0 Å². The van der Waals surface area contributed by atoms with E-state index in [1.165, 1.54) is 0 Å². The molecule has 0 bridgehead atoms. The Kier molecular flexibility index (Phi) is 6.52. The fourth-order valence-corrected chi connectivity index (χ4v) is 2.46. The van der Waals surface area contributed by atoms with Gasteiger partial charge in [0.15, 0.2) is 0 Å². The largest absolute Gasteiger partial charge is 0.491 e. The lowest BCUT2D eigenvalue weighted by Crippen LogP contribution is -2.40. The zero-order chi connectivity index (χ0) is 15.8. The van der Waals surface area contributed by atoms with Gasteiger partial charge in [-0.15, -0.1) is 0 Å². The third-order valence-electron chi connectivity index (χ3n) is 3.99. The number of hydrogen-bond donors (Lipinski definition) is 1. The van der Waals surface area contributed by atoms with Crippen LogP contribution in [-0.2, 0) is 9.53 Å². The minimum atomic E-state index is 0.173. The van der Waals surface area contributed by atoms with Gasteiger partial charge in [0.2, 0.25) is 5.91 Å². The maximum Gasteiger partial charge on any atom is 0.241 e. The quantitative estimate of drug-likeness (QED) is 0.786. The lowest BCUT2D eigenvalue weighted by molar-refractivity contribution is -0.130. The van der Waals surface area contributed by atoms with Crippen LogP contribution in [0.2, 0.25) is 0 Å². The highest BCUT2D eigenvalue weighted by Crippen LogP contribution is 2.17. The molecule has 1 aliphatic rings. The molecule has 0 atom stereocenters. The minimum absolute atomic E-state index is 0.173. The third-order valence-corrected chi connectivity index (χ3v) is 3.99. The van der Waals surface area contributed by atoms with Gasteiger partial charge >= 0.3 is 0 Å². The Morgan fingerprint density at radius 1 is 1.23 bits per heavy atom. The van der Waals surface area contributed by atoms with Crippen LogP contribution in [0.15, 0.2) is 24.3 Å². The summed E-state index contributed by atoms with van der Waals surface area (Å²) in [7, 11) is 1.65. The maximum atomic E-state index is 12.1. The fraction of sp³-hybridized carbons (Fsp3) is 0.588. The van der Waals surface area contributed by atoms with Crippen molar-refractivity contribution in [3.05, 3.63) is 24.3 Å². The number of carbonyl (C=O) groups excluding carboxylic acids is 1. The second-order valence-corrected chi connectivity index (χ2v) is 5.78. The van der Waals surface area contributed by atoms with E-state index in [1.807, 2.05) is 29.2 Å². The highest BCUT2D eigenvalue weighted by molar-refractivity contribution is 5.81. The lowest BCUT2D eigenvalue weighted by Gasteiger charge is -2.30. The molecule has 1 amide bonds. The van der Waals surface area contributed by atoms with Crippen molar-refractivity contribution in [1.82, 2.24) is 4.90 Å². The monoisotopic (exact) mass is 306 g/mol. The van der Waals surface area contributed by atoms with Crippen LogP contribution in [0.25, 0.3) is 0 Å². The number of ether oxygens (including phenoxy) is 2. The summed E-state index contributed by atoms with van der Waals surface area (Å²) >= 11 is 0. The summed E-state index contributed by atoms with van der Waals surface area (Å²) in [6.45, 7) is 5.47. The van der Waals surface area contributed by atoms with Crippen LogP contribution >= 0.6 is 0 Å². The van der Waals surface area contributed by atoms with E-state index in [9.17, 15) is 4.79 Å². The molecule has 1 aromatic carbocycles. The SMILES string of the molecule is COCCOc1ccc(NCC(=O)N2CCC(C)CC2)cc1. The second-order valence-electron chi connectivity index (χ2n) is 5.78. The molecule has 1 aliphatic heterocycles. The van der Waals surface area contributed by atoms with Crippen LogP contribution in [0.4, 0.5) is 5.69 Å². The van der Waals surface area contributed by atoms with Gasteiger partial charge in [-0.1, -0.05) is 6.92 Å². The summed E-state index contributed by atoms with van der Waals surface area (Å²) in [6, 6.07) is 7.64. The van der Waals surface area contributed by atoms with E-state index in [1.54, 1.807) is 7.11 Å². The first-order valence-electron chi connectivity index (χ1n) is 7.92. The normalized spacial score (nSPS) is 15.6. The number of amides is 1. The number of methoxy groups -OCH3 is 1. The first-order chi connectivity index (χ1) is 10.7. The average Bonchev–Trinajstić information content (AvgIpc) is 2.55. The summed E-state index contributed by atoms with van der Waals surface area (Å²) in [5.41, 5.74) is 0.929. The number of nitrogens with zero attached hydrogens (tertiary/aromatic N) is 1. The highest BCUT2D eigenvalue weighted by atomic mass is 16.5. The van der Waals surface area contributed by atoms with Crippen LogP contribution in [0.3, 0.4) is 0 Å². The van der Waals surface area contributed by atoms with Gasteiger partial charge in [0.25, 0.3) is 0 Å². The average molecular weight is 306 g/mol. The summed E-state index contributed by atoms with van der Waals surface area (Å²) < 4.78 is 10.4. The van der Waals surface area contributed by atoms with Crippen molar-refractivity contribution >= 4 is 11.6 Å². The number of piperidine rings is 1. The molecule has 122 valence electrons. The Balaban J connectivity index is 1.73. The predicted molar refractivity (Wildman–Crippen MR) is 87.3 cm³/mol. The van der Waals surface area contributed by atoms with Crippen molar-refractivity contribution < 1.29 is 14.3 Å². The van der Waals surface area contributed by atoms with Crippen LogP contribution in [0.1, 0.15) is 19.8 Å². The van der Waals surface area contributed by atoms with Gasteiger partial charge in [-0.2, -0.15) is 0 Å². The van der Waals surface area contributed by atoms with Crippen molar-refractivity contribution in [3.8, 4) is 5.75 Å². The predicted octanol–water partition coefficient (Wildman–Crippen LogP) is 2.38. The molecule has 22 heavy (non-hydrogen) atoms. The van der Waals surface area contributed by atoms with E-state index in [4.69, 9.17) is 9.47 Å². The Hall–Kier alpha value is -1.75. The molecule has 2 rings (SSSR count). The summed E-state index contributed by atoms with van der Waals surface area (Å²) in [5.74, 6) is 1.72. The van der Waals surface area contributed by atoms with Gasteiger partial charge in [-0.25, -0.2) is 0 Å². The number of anilines is 1. The smallest absolute Gasteiger partial charge is 0.241 e. The van der Waals surface area contributed by atoms with Gasteiger partial charge < -0.3 is 19.7 Å². The highest BCUT2D eigenvalue weighted by Gasteiger charge is 2.19. The van der Waals surface area contributed by atoms with E-state index >= 15 is 0 Å². The Morgan fingerprint density at radius 2 is 1.91 bits per heavy atom. The molecule has 1 aromatic rings. The van der Waals surface area contributed by atoms with Crippen molar-refractivity contribution in [3.63, 3.8) is 0 Å². The topological polar surface area (TPSA) is 50.8 Å². The Labute approximate surface area is 132 Å². The number of rotatable bonds is 7. The first-order valence-corrected chi connectivity index (χ1v) is 7.92. The Bertz CT molecular complexity index is 453. The van der Waals surface area contributed by atoms with Gasteiger partial charge in [0.05, 0.1) is 13.2 Å². The van der Waals surface area contributed by atoms with Gasteiger partial charge in [0.1, 0.15) is 12.4 Å². The molecule has 0 saturated carbocycles. The van der Waals surface area contributed by atoms with Crippen molar-refractivity contribution in [2.45, 2.75) is 19.8 Å². The second kappa shape index (κ2) is 8.63. The van der Waals surface area contributed by atoms with E-state index in [0.717, 1.165) is 43.3 Å². The summed E-state index contributed by atoms with van der Waals surface area (Å²) in [5, 5.41) is 3.18. The number of nitrogens with one attached hydrogen (secondary N) is 1. The molecule has 0 aliphatic carbocycles. The maximum absolute atomic E-state index is 12.1. The number of hydrogen-bond acceptors (Lipinski definition) is 4. The van der Waals surface area contributed by atoms with Gasteiger partial charge in [-0.05, 0) is 43.0 Å². The van der Waals surface area contributed by atoms with Crippen molar-refractivity contribution in [2.24, 2.45) is 5.92 Å². The van der Waals surface area contributed by atoms with Crippen LogP contribution in [-0.4, -0.2) is 50.8 Å². The summed E-state index contributed by atoms with van der Waals surface area (Å²) in [4.78, 5) is 14.1. The molecule has 1 fully saturated rings. The molecule has 1 N–H and O–H groups in total. The summed E-state index contributed by atoms with van der Waals surface area (Å²) in [6.07, 6.45) is 2.22. The molecule has 5 nitrogen and oxygen atoms in total. The molecule has 0 spiro atoms. The minimum Gasteiger partial charge on any atom is -0.491 e. The van der Waals surface area contributed by atoms with Crippen LogP contribution in [0.5, 0.6) is 5.75 Å².